The van der Waals surface area contributed by atoms with Gasteiger partial charge in [0, 0.05) is 5.54 Å². The van der Waals surface area contributed by atoms with Gasteiger partial charge in [0.2, 0.25) is 0 Å². The number of imide groups is 1. The number of carbonyl (C=O) groups is 3. The highest BCUT2D eigenvalue weighted by Crippen LogP contribution is 2.18. The molecule has 2 N–H and O–H groups in total. The second-order valence-electron chi connectivity index (χ2n) is 6.64. The maximum atomic E-state index is 12.3. The topological polar surface area (TPSA) is 119 Å². The van der Waals surface area contributed by atoms with Crippen LogP contribution in [0.1, 0.15) is 45.0 Å². The summed E-state index contributed by atoms with van der Waals surface area (Å²) in [6.07, 6.45) is -1.29. The van der Waals surface area contributed by atoms with E-state index in [9.17, 15) is 22.8 Å². The van der Waals surface area contributed by atoms with Crippen LogP contribution in [-0.4, -0.2) is 43.7 Å². The second-order valence-corrected chi connectivity index (χ2v) is 8.89. The van der Waals surface area contributed by atoms with Gasteiger partial charge in [0.25, 0.3) is 5.91 Å². The standard InChI is InChI=1S/C17H24N2O6S/c1-6-26(23,24)13-10-8-7-9-12(13)15(21)25-11(2)14(20)18-16(22)19-17(3,4)5/h7-11H,6H2,1-5H3,(H2,18,19,20,22)/t11-/m0/s1. The average molecular weight is 384 g/mol. The Morgan fingerprint density at radius 2 is 1.73 bits per heavy atom. The third-order valence-electron chi connectivity index (χ3n) is 3.20. The summed E-state index contributed by atoms with van der Waals surface area (Å²) in [7, 11) is -3.63. The summed E-state index contributed by atoms with van der Waals surface area (Å²) in [6.45, 7) is 7.97. The molecule has 1 atom stereocenters. The highest BCUT2D eigenvalue weighted by atomic mass is 32.2. The number of urea groups is 1. The smallest absolute Gasteiger partial charge is 0.340 e. The first kappa shape index (κ1) is 21.6. The fourth-order valence-corrected chi connectivity index (χ4v) is 3.01. The van der Waals surface area contributed by atoms with Crippen LogP contribution in [0.2, 0.25) is 0 Å². The summed E-state index contributed by atoms with van der Waals surface area (Å²) >= 11 is 0. The zero-order valence-corrected chi connectivity index (χ0v) is 16.3. The Kier molecular flexibility index (Phi) is 6.91. The molecule has 8 nitrogen and oxygen atoms in total. The van der Waals surface area contributed by atoms with Crippen LogP contribution in [0.3, 0.4) is 0 Å². The minimum atomic E-state index is -3.63. The molecule has 0 aliphatic rings. The molecular weight excluding hydrogens is 360 g/mol. The third kappa shape index (κ3) is 6.14. The maximum Gasteiger partial charge on any atom is 0.340 e. The Hall–Kier alpha value is -2.42. The zero-order valence-electron chi connectivity index (χ0n) is 15.5. The molecule has 0 saturated carbocycles. The van der Waals surface area contributed by atoms with E-state index in [1.165, 1.54) is 38.1 Å². The first-order valence-corrected chi connectivity index (χ1v) is 9.68. The monoisotopic (exact) mass is 384 g/mol. The Bertz CT molecular complexity index is 796. The lowest BCUT2D eigenvalue weighted by Crippen LogP contribution is -2.50. The van der Waals surface area contributed by atoms with Crippen molar-refractivity contribution in [3.8, 4) is 0 Å². The molecule has 1 aromatic carbocycles. The van der Waals surface area contributed by atoms with E-state index in [0.29, 0.717) is 0 Å². The summed E-state index contributed by atoms with van der Waals surface area (Å²) in [5.74, 6) is -1.97. The summed E-state index contributed by atoms with van der Waals surface area (Å²) in [5.41, 5.74) is -0.703. The highest BCUT2D eigenvalue weighted by molar-refractivity contribution is 7.91. The fraction of sp³-hybridized carbons (Fsp3) is 0.471. The molecule has 0 unspecified atom stereocenters. The van der Waals surface area contributed by atoms with E-state index in [4.69, 9.17) is 4.74 Å². The van der Waals surface area contributed by atoms with Gasteiger partial charge in [-0.1, -0.05) is 19.1 Å². The number of carbonyl (C=O) groups excluding carboxylic acids is 3. The van der Waals surface area contributed by atoms with Crippen molar-refractivity contribution in [1.29, 1.82) is 0 Å². The van der Waals surface area contributed by atoms with Crippen molar-refractivity contribution in [2.24, 2.45) is 0 Å². The van der Waals surface area contributed by atoms with Crippen LogP contribution < -0.4 is 10.6 Å². The molecule has 0 radical (unpaired) electrons. The van der Waals surface area contributed by atoms with Gasteiger partial charge in [-0.15, -0.1) is 0 Å². The molecule has 0 aliphatic carbocycles. The van der Waals surface area contributed by atoms with Crippen LogP contribution in [-0.2, 0) is 19.4 Å². The largest absolute Gasteiger partial charge is 0.449 e. The normalized spacial score (nSPS) is 12.8. The van der Waals surface area contributed by atoms with Crippen molar-refractivity contribution in [3.05, 3.63) is 29.8 Å². The number of ether oxygens (including phenoxy) is 1. The van der Waals surface area contributed by atoms with E-state index < -0.39 is 39.4 Å². The molecule has 0 aliphatic heterocycles. The van der Waals surface area contributed by atoms with Gasteiger partial charge < -0.3 is 10.1 Å². The van der Waals surface area contributed by atoms with Gasteiger partial charge in [-0.25, -0.2) is 18.0 Å². The summed E-state index contributed by atoms with van der Waals surface area (Å²) in [6, 6.07) is 4.87. The molecule has 0 heterocycles. The van der Waals surface area contributed by atoms with Gasteiger partial charge in [-0.2, -0.15) is 0 Å². The van der Waals surface area contributed by atoms with Gasteiger partial charge in [-0.3, -0.25) is 10.1 Å². The molecule has 0 aromatic heterocycles. The van der Waals surface area contributed by atoms with Gasteiger partial charge in [0.15, 0.2) is 15.9 Å². The molecule has 0 fully saturated rings. The molecule has 9 heteroatoms. The predicted molar refractivity (Wildman–Crippen MR) is 95.5 cm³/mol. The molecule has 1 aromatic rings. The van der Waals surface area contributed by atoms with Crippen LogP contribution in [0, 0.1) is 0 Å². The van der Waals surface area contributed by atoms with E-state index in [0.717, 1.165) is 0 Å². The molecule has 0 saturated heterocycles. The quantitative estimate of drug-likeness (QED) is 0.745. The van der Waals surface area contributed by atoms with Gasteiger partial charge in [0.05, 0.1) is 16.2 Å². The van der Waals surface area contributed by atoms with Crippen LogP contribution in [0.4, 0.5) is 4.79 Å². The molecular formula is C17H24N2O6S. The third-order valence-corrected chi connectivity index (χ3v) is 4.99. The Morgan fingerprint density at radius 1 is 1.15 bits per heavy atom. The summed E-state index contributed by atoms with van der Waals surface area (Å²) in [4.78, 5) is 35.8. The lowest BCUT2D eigenvalue weighted by Gasteiger charge is -2.21. The van der Waals surface area contributed by atoms with Crippen LogP contribution in [0.15, 0.2) is 29.2 Å². The number of benzene rings is 1. The first-order valence-electron chi connectivity index (χ1n) is 8.03. The SMILES string of the molecule is CCS(=O)(=O)c1ccccc1C(=O)O[C@@H](C)C(=O)NC(=O)NC(C)(C)C. The Morgan fingerprint density at radius 3 is 2.27 bits per heavy atom. The van der Waals surface area contributed by atoms with Crippen molar-refractivity contribution in [1.82, 2.24) is 10.6 Å². The molecule has 0 spiro atoms. The summed E-state index contributed by atoms with van der Waals surface area (Å²) in [5, 5.41) is 4.60. The van der Waals surface area contributed by atoms with Crippen LogP contribution in [0.5, 0.6) is 0 Å². The van der Waals surface area contributed by atoms with Crippen LogP contribution in [0.25, 0.3) is 0 Å². The van der Waals surface area contributed by atoms with Gasteiger partial charge in [0.1, 0.15) is 0 Å². The molecule has 26 heavy (non-hydrogen) atoms. The van der Waals surface area contributed by atoms with Gasteiger partial charge >= 0.3 is 12.0 Å². The minimum Gasteiger partial charge on any atom is -0.449 e. The fourth-order valence-electron chi connectivity index (χ4n) is 1.92. The molecule has 144 valence electrons. The van der Waals surface area contributed by atoms with E-state index in [1.54, 1.807) is 20.8 Å². The summed E-state index contributed by atoms with van der Waals surface area (Å²) < 4.78 is 29.2. The highest BCUT2D eigenvalue weighted by Gasteiger charge is 2.26. The number of nitrogens with one attached hydrogen (secondary N) is 2. The van der Waals surface area contributed by atoms with Crippen molar-refractivity contribution >= 4 is 27.7 Å². The number of hydrogen-bond donors (Lipinski definition) is 2. The van der Waals surface area contributed by atoms with E-state index >= 15 is 0 Å². The lowest BCUT2D eigenvalue weighted by atomic mass is 10.1. The van der Waals surface area contributed by atoms with Crippen LogP contribution >= 0.6 is 0 Å². The number of hydrogen-bond acceptors (Lipinski definition) is 6. The number of esters is 1. The number of rotatable bonds is 5. The maximum absolute atomic E-state index is 12.3. The van der Waals surface area contributed by atoms with E-state index in [-0.39, 0.29) is 16.2 Å². The van der Waals surface area contributed by atoms with Crippen molar-refractivity contribution in [2.75, 3.05) is 5.75 Å². The van der Waals surface area contributed by atoms with Gasteiger partial charge in [-0.05, 0) is 39.8 Å². The Balaban J connectivity index is 2.86. The van der Waals surface area contributed by atoms with E-state index in [2.05, 4.69) is 10.6 Å². The zero-order chi connectivity index (χ0) is 20.1. The lowest BCUT2D eigenvalue weighted by molar-refractivity contribution is -0.127. The molecule has 1 rings (SSSR count). The average Bonchev–Trinajstić information content (AvgIpc) is 2.52. The number of sulfone groups is 1. The molecule has 0 bridgehead atoms. The molecule has 3 amide bonds. The first-order chi connectivity index (χ1) is 11.9. The predicted octanol–water partition coefficient (Wildman–Crippen LogP) is 1.65. The number of amides is 3. The van der Waals surface area contributed by atoms with Crippen molar-refractivity contribution in [2.45, 2.75) is 51.2 Å². The second kappa shape index (κ2) is 8.31. The van der Waals surface area contributed by atoms with Crippen molar-refractivity contribution in [3.63, 3.8) is 0 Å². The minimum absolute atomic E-state index is 0.159. The van der Waals surface area contributed by atoms with Crippen molar-refractivity contribution < 1.29 is 27.5 Å². The van der Waals surface area contributed by atoms with E-state index in [1.807, 2.05) is 0 Å². The Labute approximate surface area is 153 Å².